The van der Waals surface area contributed by atoms with Crippen molar-refractivity contribution in [2.24, 2.45) is 22.7 Å². The van der Waals surface area contributed by atoms with Crippen molar-refractivity contribution in [2.75, 3.05) is 13.7 Å². The van der Waals surface area contributed by atoms with Gasteiger partial charge in [-0.25, -0.2) is 0 Å². The van der Waals surface area contributed by atoms with E-state index in [0.29, 0.717) is 18.4 Å². The first kappa shape index (κ1) is 18.8. The van der Waals surface area contributed by atoms with Crippen molar-refractivity contribution in [1.82, 2.24) is 0 Å². The summed E-state index contributed by atoms with van der Waals surface area (Å²) in [6.45, 7) is 5.88. The summed E-state index contributed by atoms with van der Waals surface area (Å²) in [5, 5.41) is 21.8. The molecule has 1 saturated carbocycles. The zero-order valence-corrected chi connectivity index (χ0v) is 16.4. The summed E-state index contributed by atoms with van der Waals surface area (Å²) in [7, 11) is 1.61. The summed E-state index contributed by atoms with van der Waals surface area (Å²) >= 11 is 0. The molecule has 5 atom stereocenters. The van der Waals surface area contributed by atoms with Crippen LogP contribution in [-0.2, 0) is 19.1 Å². The molecule has 0 amide bonds. The lowest BCUT2D eigenvalue weighted by atomic mass is 9.46. The number of hydrogen-bond acceptors (Lipinski definition) is 6. The van der Waals surface area contributed by atoms with E-state index in [-0.39, 0.29) is 40.8 Å². The molecule has 0 aromatic carbocycles. The molecule has 6 nitrogen and oxygen atoms in total. The second-order valence-electron chi connectivity index (χ2n) is 9.06. The van der Waals surface area contributed by atoms with Crippen LogP contribution in [0.5, 0.6) is 0 Å². The van der Waals surface area contributed by atoms with Crippen LogP contribution in [-0.4, -0.2) is 47.9 Å². The quantitative estimate of drug-likeness (QED) is 0.568. The van der Waals surface area contributed by atoms with Gasteiger partial charge in [-0.1, -0.05) is 27.2 Å². The molecule has 2 fully saturated rings. The van der Waals surface area contributed by atoms with E-state index in [1.165, 1.54) is 0 Å². The van der Waals surface area contributed by atoms with E-state index in [9.17, 15) is 19.8 Å². The molecule has 6 heteroatoms. The average molecular weight is 376 g/mol. The molecule has 0 radical (unpaired) electrons. The van der Waals surface area contributed by atoms with Crippen LogP contribution in [0.3, 0.4) is 0 Å². The van der Waals surface area contributed by atoms with E-state index in [4.69, 9.17) is 9.47 Å². The number of aliphatic hydroxyl groups excluding tert-OH is 2. The third-order valence-electron chi connectivity index (χ3n) is 7.37. The molecule has 0 aromatic rings. The number of hydrogen-bond donors (Lipinski definition) is 2. The molecule has 0 spiro atoms. The molecule has 148 valence electrons. The lowest BCUT2D eigenvalue weighted by Gasteiger charge is -2.62. The van der Waals surface area contributed by atoms with E-state index >= 15 is 0 Å². The number of ketones is 2. The fraction of sp³-hybridized carbons (Fsp3) is 0.714. The summed E-state index contributed by atoms with van der Waals surface area (Å²) in [6, 6.07) is 0. The second-order valence-corrected chi connectivity index (χ2v) is 9.06. The topological polar surface area (TPSA) is 93.1 Å². The monoisotopic (exact) mass is 376 g/mol. The first-order valence-corrected chi connectivity index (χ1v) is 9.78. The van der Waals surface area contributed by atoms with Gasteiger partial charge < -0.3 is 19.7 Å². The van der Waals surface area contributed by atoms with Crippen LogP contribution < -0.4 is 0 Å². The standard InChI is InChI=1S/C21H28O6/c1-10(2)13-16(23)14-11(22)8-12-20(3)6-5-7-21(12,9-27-19(20)26-4)15(14)18(25)17(13)24/h10-12,19,22-23H,5-9H2,1-4H3. The Labute approximate surface area is 159 Å². The number of carbonyl (C=O) groups is 2. The molecular weight excluding hydrogens is 348 g/mol. The van der Waals surface area contributed by atoms with Gasteiger partial charge >= 0.3 is 0 Å². The minimum atomic E-state index is -0.975. The number of Topliss-reactive ketones (excluding diaryl/α,β-unsaturated/α-hetero) is 2. The molecule has 1 heterocycles. The third-order valence-corrected chi connectivity index (χ3v) is 7.37. The van der Waals surface area contributed by atoms with Gasteiger partial charge in [0.2, 0.25) is 11.6 Å². The summed E-state index contributed by atoms with van der Waals surface area (Å²) in [4.78, 5) is 26.0. The highest BCUT2D eigenvalue weighted by Gasteiger charge is 2.65. The predicted octanol–water partition coefficient (Wildman–Crippen LogP) is 2.46. The summed E-state index contributed by atoms with van der Waals surface area (Å²) in [5.74, 6) is -1.78. The predicted molar refractivity (Wildman–Crippen MR) is 96.8 cm³/mol. The van der Waals surface area contributed by atoms with Gasteiger partial charge in [-0.15, -0.1) is 0 Å². The molecule has 5 unspecified atom stereocenters. The van der Waals surface area contributed by atoms with Gasteiger partial charge in [-0.2, -0.15) is 0 Å². The molecule has 1 aliphatic heterocycles. The molecule has 3 aliphatic carbocycles. The molecule has 2 bridgehead atoms. The first-order chi connectivity index (χ1) is 12.7. The van der Waals surface area contributed by atoms with Crippen LogP contribution in [0.4, 0.5) is 0 Å². The number of ether oxygens (including phenoxy) is 2. The number of rotatable bonds is 2. The second kappa shape index (κ2) is 6.00. The highest BCUT2D eigenvalue weighted by atomic mass is 16.7. The van der Waals surface area contributed by atoms with E-state index in [1.807, 2.05) is 0 Å². The Morgan fingerprint density at radius 3 is 2.56 bits per heavy atom. The van der Waals surface area contributed by atoms with E-state index in [1.54, 1.807) is 21.0 Å². The Bertz CT molecular complexity index is 778. The minimum Gasteiger partial charge on any atom is -0.507 e. The largest absolute Gasteiger partial charge is 0.507 e. The van der Waals surface area contributed by atoms with Gasteiger partial charge in [-0.05, 0) is 31.1 Å². The Balaban J connectivity index is 1.96. The summed E-state index contributed by atoms with van der Waals surface area (Å²) < 4.78 is 11.6. The fourth-order valence-corrected chi connectivity index (χ4v) is 6.26. The van der Waals surface area contributed by atoms with E-state index < -0.39 is 29.4 Å². The Kier molecular flexibility index (Phi) is 4.19. The van der Waals surface area contributed by atoms with Crippen LogP contribution in [0, 0.1) is 22.7 Å². The zero-order valence-electron chi connectivity index (χ0n) is 16.4. The first-order valence-electron chi connectivity index (χ1n) is 9.78. The van der Waals surface area contributed by atoms with Crippen LogP contribution in [0.1, 0.15) is 46.5 Å². The van der Waals surface area contributed by atoms with Crippen molar-refractivity contribution in [3.8, 4) is 0 Å². The maximum Gasteiger partial charge on any atom is 0.233 e. The fourth-order valence-electron chi connectivity index (χ4n) is 6.26. The van der Waals surface area contributed by atoms with Gasteiger partial charge in [0.1, 0.15) is 5.76 Å². The maximum atomic E-state index is 13.2. The summed E-state index contributed by atoms with van der Waals surface area (Å²) in [6.07, 6.45) is 1.50. The highest BCUT2D eigenvalue weighted by Crippen LogP contribution is 2.65. The lowest BCUT2D eigenvalue weighted by molar-refractivity contribution is -0.289. The van der Waals surface area contributed by atoms with Crippen LogP contribution in [0.25, 0.3) is 0 Å². The molecule has 27 heavy (non-hydrogen) atoms. The Morgan fingerprint density at radius 1 is 1.22 bits per heavy atom. The molecule has 0 aromatic heterocycles. The van der Waals surface area contributed by atoms with E-state index in [2.05, 4.69) is 6.92 Å². The van der Waals surface area contributed by atoms with Gasteiger partial charge in [0.25, 0.3) is 0 Å². The highest BCUT2D eigenvalue weighted by molar-refractivity contribution is 6.50. The molecule has 2 N–H and O–H groups in total. The van der Waals surface area contributed by atoms with Gasteiger partial charge in [0.05, 0.1) is 12.7 Å². The molecule has 4 aliphatic rings. The third kappa shape index (κ3) is 2.23. The lowest BCUT2D eigenvalue weighted by Crippen LogP contribution is -2.63. The molecule has 1 saturated heterocycles. The van der Waals surface area contributed by atoms with Crippen molar-refractivity contribution in [1.29, 1.82) is 0 Å². The van der Waals surface area contributed by atoms with E-state index in [0.717, 1.165) is 12.8 Å². The zero-order chi connectivity index (χ0) is 19.7. The smallest absolute Gasteiger partial charge is 0.233 e. The Hall–Kier alpha value is -1.50. The van der Waals surface area contributed by atoms with Crippen molar-refractivity contribution >= 4 is 11.6 Å². The molecular formula is C21H28O6. The van der Waals surface area contributed by atoms with Crippen LogP contribution >= 0.6 is 0 Å². The van der Waals surface area contributed by atoms with Crippen molar-refractivity contribution < 1.29 is 29.3 Å². The van der Waals surface area contributed by atoms with Crippen molar-refractivity contribution in [3.63, 3.8) is 0 Å². The average Bonchev–Trinajstić information content (AvgIpc) is 2.59. The number of allylic oxidation sites excluding steroid dienone is 1. The van der Waals surface area contributed by atoms with Crippen molar-refractivity contribution in [3.05, 3.63) is 22.5 Å². The number of methoxy groups -OCH3 is 1. The maximum absolute atomic E-state index is 13.2. The minimum absolute atomic E-state index is 0.0450. The number of aliphatic hydroxyl groups is 2. The van der Waals surface area contributed by atoms with Gasteiger partial charge in [0, 0.05) is 34.7 Å². The van der Waals surface area contributed by atoms with Crippen LogP contribution in [0.15, 0.2) is 22.5 Å². The SMILES string of the molecule is COC1OCC23CCCC1(C)C2CC(O)C1=C3C(=O)C(=O)C(C(C)C)=C1O. The molecule has 4 rings (SSSR count). The Morgan fingerprint density at radius 2 is 1.93 bits per heavy atom. The normalized spacial score (nSPS) is 41.8. The van der Waals surface area contributed by atoms with Gasteiger partial charge in [0.15, 0.2) is 6.29 Å². The summed E-state index contributed by atoms with van der Waals surface area (Å²) in [5.41, 5.74) is -0.356. The number of carbonyl (C=O) groups excluding carboxylic acids is 2. The van der Waals surface area contributed by atoms with Crippen molar-refractivity contribution in [2.45, 2.75) is 58.8 Å². The van der Waals surface area contributed by atoms with Crippen LogP contribution in [0.2, 0.25) is 0 Å². The van der Waals surface area contributed by atoms with Gasteiger partial charge in [-0.3, -0.25) is 9.59 Å².